The first-order valence-corrected chi connectivity index (χ1v) is 10.2. The Kier molecular flexibility index (Phi) is 6.25. The number of fused-ring (bicyclic) bond motifs is 1. The average molecular weight is 399 g/mol. The lowest BCUT2D eigenvalue weighted by atomic mass is 9.86. The molecule has 0 saturated heterocycles. The summed E-state index contributed by atoms with van der Waals surface area (Å²) in [6.07, 6.45) is 5.47. The second-order valence-corrected chi connectivity index (χ2v) is 7.91. The van der Waals surface area contributed by atoms with E-state index in [1.807, 2.05) is 38.1 Å². The summed E-state index contributed by atoms with van der Waals surface area (Å²) in [6, 6.07) is 5.66. The van der Waals surface area contributed by atoms with Crippen LogP contribution in [0.15, 0.2) is 30.0 Å². The van der Waals surface area contributed by atoms with Crippen molar-refractivity contribution in [2.75, 3.05) is 23.5 Å². The van der Waals surface area contributed by atoms with Crippen molar-refractivity contribution >= 4 is 29.0 Å². The number of amides is 1. The van der Waals surface area contributed by atoms with Gasteiger partial charge in [0.05, 0.1) is 29.8 Å². The quantitative estimate of drug-likeness (QED) is 0.541. The minimum atomic E-state index is -0.695. The molecule has 0 fully saturated rings. The molecule has 1 heterocycles. The first kappa shape index (κ1) is 20.9. The van der Waals surface area contributed by atoms with E-state index in [9.17, 15) is 14.4 Å². The van der Waals surface area contributed by atoms with E-state index in [4.69, 9.17) is 4.74 Å². The highest BCUT2D eigenvalue weighted by atomic mass is 16.5. The van der Waals surface area contributed by atoms with Crippen LogP contribution in [0.3, 0.4) is 0 Å². The number of esters is 1. The van der Waals surface area contributed by atoms with Gasteiger partial charge in [0, 0.05) is 18.7 Å². The molecular weight excluding hydrogens is 370 g/mol. The molecule has 29 heavy (non-hydrogen) atoms. The average Bonchev–Trinajstić information content (AvgIpc) is 2.82. The molecule has 0 saturated carbocycles. The molecule has 0 radical (unpaired) electrons. The summed E-state index contributed by atoms with van der Waals surface area (Å²) < 4.78 is 4.98. The molecule has 7 heteroatoms. The largest absolute Gasteiger partial charge is 0.466 e. The Balaban J connectivity index is 1.74. The van der Waals surface area contributed by atoms with E-state index in [0.29, 0.717) is 25.3 Å². The van der Waals surface area contributed by atoms with Crippen LogP contribution in [0.4, 0.5) is 11.4 Å². The lowest BCUT2D eigenvalue weighted by molar-refractivity contribution is -0.142. The van der Waals surface area contributed by atoms with Gasteiger partial charge in [0.2, 0.25) is 5.91 Å². The van der Waals surface area contributed by atoms with Gasteiger partial charge < -0.3 is 15.1 Å². The Morgan fingerprint density at radius 1 is 1.21 bits per heavy atom. The molecule has 2 aliphatic rings. The fourth-order valence-corrected chi connectivity index (χ4v) is 3.76. The SMILES string of the molecule is CCOC(=O)CCN1C(=O)C(C)(C)c2cc(NNC3=CCCCCC3=O)ccc21. The molecule has 3 rings (SSSR count). The van der Waals surface area contributed by atoms with Gasteiger partial charge >= 0.3 is 5.97 Å². The smallest absolute Gasteiger partial charge is 0.307 e. The summed E-state index contributed by atoms with van der Waals surface area (Å²) >= 11 is 0. The van der Waals surface area contributed by atoms with Crippen LogP contribution >= 0.6 is 0 Å². The fourth-order valence-electron chi connectivity index (χ4n) is 3.76. The molecule has 0 atom stereocenters. The minimum absolute atomic E-state index is 0.0384. The number of hydrogen-bond acceptors (Lipinski definition) is 6. The van der Waals surface area contributed by atoms with Crippen LogP contribution in [0.2, 0.25) is 0 Å². The maximum Gasteiger partial charge on any atom is 0.307 e. The number of allylic oxidation sites excluding steroid dienone is 2. The van der Waals surface area contributed by atoms with Crippen molar-refractivity contribution in [1.29, 1.82) is 0 Å². The first-order valence-electron chi connectivity index (χ1n) is 10.2. The molecule has 1 amide bonds. The summed E-state index contributed by atoms with van der Waals surface area (Å²) in [5.41, 5.74) is 8.48. The van der Waals surface area contributed by atoms with E-state index in [2.05, 4.69) is 10.9 Å². The number of nitrogens with zero attached hydrogens (tertiary/aromatic N) is 1. The molecule has 7 nitrogen and oxygen atoms in total. The van der Waals surface area contributed by atoms with Crippen molar-refractivity contribution in [2.45, 2.75) is 58.3 Å². The molecule has 156 valence electrons. The van der Waals surface area contributed by atoms with Crippen molar-refractivity contribution in [3.05, 3.63) is 35.5 Å². The second-order valence-electron chi connectivity index (χ2n) is 7.91. The van der Waals surface area contributed by atoms with Gasteiger partial charge in [-0.2, -0.15) is 0 Å². The summed E-state index contributed by atoms with van der Waals surface area (Å²) in [5.74, 6) is -0.240. The van der Waals surface area contributed by atoms with Crippen molar-refractivity contribution in [3.8, 4) is 0 Å². The third kappa shape index (κ3) is 4.44. The van der Waals surface area contributed by atoms with Gasteiger partial charge in [-0.05, 0) is 63.8 Å². The number of ether oxygens (including phenoxy) is 1. The monoisotopic (exact) mass is 399 g/mol. The molecule has 2 N–H and O–H groups in total. The summed E-state index contributed by atoms with van der Waals surface area (Å²) in [5, 5.41) is 0. The maximum atomic E-state index is 12.9. The fraction of sp³-hybridized carbons (Fsp3) is 0.500. The standard InChI is InChI=1S/C22H29N3O4/c1-4-29-20(27)12-13-25-18-11-10-15(14-16(18)22(2,3)21(25)28)23-24-17-8-6-5-7-9-19(17)26/h8,10-11,14,23-24H,4-7,9,12-13H2,1-3H3. The highest BCUT2D eigenvalue weighted by Gasteiger charge is 2.43. The summed E-state index contributed by atoms with van der Waals surface area (Å²) in [4.78, 5) is 38.4. The van der Waals surface area contributed by atoms with Crippen LogP contribution < -0.4 is 15.8 Å². The van der Waals surface area contributed by atoms with Gasteiger partial charge in [-0.15, -0.1) is 0 Å². The lowest BCUT2D eigenvalue weighted by Crippen LogP contribution is -2.37. The van der Waals surface area contributed by atoms with E-state index >= 15 is 0 Å². The zero-order chi connectivity index (χ0) is 21.0. The van der Waals surface area contributed by atoms with Gasteiger partial charge in [-0.25, -0.2) is 0 Å². The Bertz CT molecular complexity index is 844. The van der Waals surface area contributed by atoms with Crippen LogP contribution in [0, 0.1) is 0 Å². The zero-order valence-corrected chi connectivity index (χ0v) is 17.3. The molecule has 1 aromatic carbocycles. The third-order valence-corrected chi connectivity index (χ3v) is 5.43. The van der Waals surface area contributed by atoms with Crippen molar-refractivity contribution in [2.24, 2.45) is 0 Å². The molecule has 1 aromatic rings. The normalized spacial score (nSPS) is 18.0. The van der Waals surface area contributed by atoms with Crippen molar-refractivity contribution < 1.29 is 19.1 Å². The van der Waals surface area contributed by atoms with Crippen LogP contribution in [0.25, 0.3) is 0 Å². The summed E-state index contributed by atoms with van der Waals surface area (Å²) in [6.45, 7) is 6.15. The molecule has 0 unspecified atom stereocenters. The predicted octanol–water partition coefficient (Wildman–Crippen LogP) is 3.21. The molecule has 1 aliphatic carbocycles. The number of hydrogen-bond donors (Lipinski definition) is 2. The molecule has 0 aromatic heterocycles. The van der Waals surface area contributed by atoms with Crippen molar-refractivity contribution in [3.63, 3.8) is 0 Å². The van der Waals surface area contributed by atoms with E-state index in [1.165, 1.54) is 0 Å². The number of ketones is 1. The van der Waals surface area contributed by atoms with Gasteiger partial charge in [0.15, 0.2) is 5.78 Å². The Morgan fingerprint density at radius 3 is 2.76 bits per heavy atom. The topological polar surface area (TPSA) is 87.7 Å². The predicted molar refractivity (Wildman–Crippen MR) is 111 cm³/mol. The number of benzene rings is 1. The van der Waals surface area contributed by atoms with Gasteiger partial charge in [-0.3, -0.25) is 19.8 Å². The lowest BCUT2D eigenvalue weighted by Gasteiger charge is -2.20. The molecule has 0 spiro atoms. The number of hydrazine groups is 1. The zero-order valence-electron chi connectivity index (χ0n) is 17.3. The number of carbonyl (C=O) groups is 3. The number of anilines is 2. The Hall–Kier alpha value is -2.83. The molecular formula is C22H29N3O4. The number of Topliss-reactive ketones (excluding diaryl/α,β-unsaturated/α-hetero) is 1. The van der Waals surface area contributed by atoms with Gasteiger partial charge in [0.1, 0.15) is 0 Å². The van der Waals surface area contributed by atoms with Gasteiger partial charge in [0.25, 0.3) is 0 Å². The Labute approximate surface area is 171 Å². The highest BCUT2D eigenvalue weighted by molar-refractivity contribution is 6.08. The van der Waals surface area contributed by atoms with E-state index in [0.717, 1.165) is 36.2 Å². The number of carbonyl (C=O) groups excluding carboxylic acids is 3. The van der Waals surface area contributed by atoms with Crippen molar-refractivity contribution in [1.82, 2.24) is 5.43 Å². The van der Waals surface area contributed by atoms with Crippen LogP contribution in [0.5, 0.6) is 0 Å². The van der Waals surface area contributed by atoms with Crippen LogP contribution in [0.1, 0.15) is 58.4 Å². The number of nitrogens with one attached hydrogen (secondary N) is 2. The third-order valence-electron chi connectivity index (χ3n) is 5.43. The number of rotatable bonds is 7. The highest BCUT2D eigenvalue weighted by Crippen LogP contribution is 2.42. The van der Waals surface area contributed by atoms with Gasteiger partial charge in [-0.1, -0.05) is 6.08 Å². The van der Waals surface area contributed by atoms with Crippen LogP contribution in [-0.4, -0.2) is 30.8 Å². The van der Waals surface area contributed by atoms with E-state index in [-0.39, 0.29) is 24.1 Å². The van der Waals surface area contributed by atoms with E-state index in [1.54, 1.807) is 11.8 Å². The maximum absolute atomic E-state index is 12.9. The first-order chi connectivity index (χ1) is 13.8. The minimum Gasteiger partial charge on any atom is -0.466 e. The molecule has 0 bridgehead atoms. The van der Waals surface area contributed by atoms with Crippen LogP contribution in [-0.2, 0) is 24.5 Å². The second kappa shape index (κ2) is 8.68. The summed E-state index contributed by atoms with van der Waals surface area (Å²) in [7, 11) is 0. The van der Waals surface area contributed by atoms with E-state index < -0.39 is 5.41 Å². The Morgan fingerprint density at radius 2 is 2.00 bits per heavy atom. The molecule has 1 aliphatic heterocycles.